The van der Waals surface area contributed by atoms with Crippen LogP contribution < -0.4 is 5.32 Å². The summed E-state index contributed by atoms with van der Waals surface area (Å²) in [5, 5.41) is 11.5. The molecule has 74 valence electrons. The summed E-state index contributed by atoms with van der Waals surface area (Å²) < 4.78 is 0. The van der Waals surface area contributed by atoms with Crippen molar-refractivity contribution in [1.29, 1.82) is 5.41 Å². The van der Waals surface area contributed by atoms with Crippen molar-refractivity contribution in [3.63, 3.8) is 0 Å². The van der Waals surface area contributed by atoms with Crippen molar-refractivity contribution in [3.05, 3.63) is 29.3 Å². The summed E-state index contributed by atoms with van der Waals surface area (Å²) in [6, 6.07) is 7.44. The number of hydrogen-bond acceptors (Lipinski definition) is 1. The Morgan fingerprint density at radius 3 is 2.57 bits per heavy atom. The second-order valence-electron chi connectivity index (χ2n) is 3.76. The molecule has 1 saturated carbocycles. The maximum atomic E-state index is 7.71. The van der Waals surface area contributed by atoms with Crippen LogP contribution in [0.2, 0.25) is 5.02 Å². The molecule has 1 aromatic rings. The van der Waals surface area contributed by atoms with E-state index in [9.17, 15) is 0 Å². The standard InChI is InChI=1S/C11H13ClN2/c12-9-3-5-10(6-4-9)14-11(13)7-8-1-2-8/h3-6,8H,1-2,7H2,(H2,13,14). The van der Waals surface area contributed by atoms with Gasteiger partial charge in [-0.1, -0.05) is 11.6 Å². The third-order valence-electron chi connectivity index (χ3n) is 2.33. The fourth-order valence-electron chi connectivity index (χ4n) is 1.37. The van der Waals surface area contributed by atoms with Gasteiger partial charge in [-0.3, -0.25) is 5.41 Å². The Balaban J connectivity index is 1.89. The van der Waals surface area contributed by atoms with Crippen molar-refractivity contribution in [3.8, 4) is 0 Å². The van der Waals surface area contributed by atoms with Gasteiger partial charge in [0.05, 0.1) is 5.84 Å². The molecule has 1 aliphatic carbocycles. The van der Waals surface area contributed by atoms with Crippen LogP contribution in [0.1, 0.15) is 19.3 Å². The van der Waals surface area contributed by atoms with Crippen molar-refractivity contribution in [2.24, 2.45) is 5.92 Å². The fourth-order valence-corrected chi connectivity index (χ4v) is 1.50. The van der Waals surface area contributed by atoms with E-state index in [2.05, 4.69) is 5.32 Å². The van der Waals surface area contributed by atoms with Gasteiger partial charge in [0.15, 0.2) is 0 Å². The Bertz CT molecular complexity index is 328. The number of nitrogens with one attached hydrogen (secondary N) is 2. The second-order valence-corrected chi connectivity index (χ2v) is 4.19. The van der Waals surface area contributed by atoms with Crippen molar-refractivity contribution >= 4 is 23.1 Å². The van der Waals surface area contributed by atoms with Gasteiger partial charge in [0.1, 0.15) is 0 Å². The van der Waals surface area contributed by atoms with Gasteiger partial charge in [-0.2, -0.15) is 0 Å². The number of rotatable bonds is 3. The maximum Gasteiger partial charge on any atom is 0.0978 e. The predicted octanol–water partition coefficient (Wildman–Crippen LogP) is 3.53. The summed E-state index contributed by atoms with van der Waals surface area (Å²) in [6.07, 6.45) is 3.44. The van der Waals surface area contributed by atoms with Crippen LogP contribution in [0.15, 0.2) is 24.3 Å². The lowest BCUT2D eigenvalue weighted by molar-refractivity contribution is 0.888. The van der Waals surface area contributed by atoms with Gasteiger partial charge < -0.3 is 5.32 Å². The van der Waals surface area contributed by atoms with Crippen LogP contribution in [0.4, 0.5) is 5.69 Å². The SMILES string of the molecule is N=C(CC1CC1)Nc1ccc(Cl)cc1. The Hall–Kier alpha value is -1.02. The van der Waals surface area contributed by atoms with Crippen LogP contribution in [-0.2, 0) is 0 Å². The molecule has 1 aromatic carbocycles. The third kappa shape index (κ3) is 2.74. The van der Waals surface area contributed by atoms with E-state index in [0.717, 1.165) is 23.0 Å². The second kappa shape index (κ2) is 4.01. The van der Waals surface area contributed by atoms with Crippen LogP contribution in [0, 0.1) is 11.3 Å². The van der Waals surface area contributed by atoms with Gasteiger partial charge in [-0.05, 0) is 43.0 Å². The molecule has 0 bridgehead atoms. The number of benzene rings is 1. The van der Waals surface area contributed by atoms with Gasteiger partial charge in [0.2, 0.25) is 0 Å². The molecular formula is C11H13ClN2. The summed E-state index contributed by atoms with van der Waals surface area (Å²) in [6.45, 7) is 0. The molecule has 0 amide bonds. The molecule has 0 radical (unpaired) electrons. The third-order valence-corrected chi connectivity index (χ3v) is 2.58. The van der Waals surface area contributed by atoms with Crippen molar-refractivity contribution in [2.75, 3.05) is 5.32 Å². The van der Waals surface area contributed by atoms with E-state index in [1.54, 1.807) is 0 Å². The summed E-state index contributed by atoms with van der Waals surface area (Å²) in [4.78, 5) is 0. The smallest absolute Gasteiger partial charge is 0.0978 e. The van der Waals surface area contributed by atoms with E-state index in [0.29, 0.717) is 5.84 Å². The number of amidine groups is 1. The summed E-state index contributed by atoms with van der Waals surface area (Å²) >= 11 is 5.76. The summed E-state index contributed by atoms with van der Waals surface area (Å²) in [7, 11) is 0. The Morgan fingerprint density at radius 1 is 1.36 bits per heavy atom. The first-order valence-corrected chi connectivity index (χ1v) is 5.22. The normalized spacial score (nSPS) is 15.2. The largest absolute Gasteiger partial charge is 0.344 e. The highest BCUT2D eigenvalue weighted by Gasteiger charge is 2.22. The van der Waals surface area contributed by atoms with E-state index in [4.69, 9.17) is 17.0 Å². The number of halogens is 1. The number of hydrogen-bond donors (Lipinski definition) is 2. The Kier molecular flexibility index (Phi) is 2.73. The van der Waals surface area contributed by atoms with Crippen LogP contribution in [0.25, 0.3) is 0 Å². The molecule has 14 heavy (non-hydrogen) atoms. The average Bonchev–Trinajstić information content (AvgIpc) is 2.93. The lowest BCUT2D eigenvalue weighted by atomic mass is 10.2. The molecule has 0 aliphatic heterocycles. The van der Waals surface area contributed by atoms with Crippen LogP contribution >= 0.6 is 11.6 Å². The minimum atomic E-state index is 0.606. The topological polar surface area (TPSA) is 35.9 Å². The zero-order valence-electron chi connectivity index (χ0n) is 7.89. The van der Waals surface area contributed by atoms with Crippen molar-refractivity contribution in [1.82, 2.24) is 0 Å². The van der Waals surface area contributed by atoms with Crippen molar-refractivity contribution in [2.45, 2.75) is 19.3 Å². The minimum Gasteiger partial charge on any atom is -0.344 e. The molecule has 0 heterocycles. The highest BCUT2D eigenvalue weighted by atomic mass is 35.5. The quantitative estimate of drug-likeness (QED) is 0.579. The molecule has 0 saturated heterocycles. The van der Waals surface area contributed by atoms with Gasteiger partial charge in [0.25, 0.3) is 0 Å². The molecule has 0 aromatic heterocycles. The molecular weight excluding hydrogens is 196 g/mol. The van der Waals surface area contributed by atoms with Gasteiger partial charge in [-0.15, -0.1) is 0 Å². The zero-order chi connectivity index (χ0) is 9.97. The maximum absolute atomic E-state index is 7.71. The van der Waals surface area contributed by atoms with Crippen LogP contribution in [0.3, 0.4) is 0 Å². The van der Waals surface area contributed by atoms with Crippen LogP contribution in [0.5, 0.6) is 0 Å². The van der Waals surface area contributed by atoms with E-state index >= 15 is 0 Å². The average molecular weight is 209 g/mol. The molecule has 0 spiro atoms. The van der Waals surface area contributed by atoms with Gasteiger partial charge in [0, 0.05) is 17.1 Å². The van der Waals surface area contributed by atoms with Crippen LogP contribution in [-0.4, -0.2) is 5.84 Å². The lowest BCUT2D eigenvalue weighted by Gasteiger charge is -2.06. The fraction of sp³-hybridized carbons (Fsp3) is 0.364. The van der Waals surface area contributed by atoms with Crippen molar-refractivity contribution < 1.29 is 0 Å². The molecule has 0 unspecified atom stereocenters. The monoisotopic (exact) mass is 208 g/mol. The molecule has 1 fully saturated rings. The summed E-state index contributed by atoms with van der Waals surface area (Å²) in [5.74, 6) is 1.36. The summed E-state index contributed by atoms with van der Waals surface area (Å²) in [5.41, 5.74) is 0.944. The van der Waals surface area contributed by atoms with Gasteiger partial charge >= 0.3 is 0 Å². The van der Waals surface area contributed by atoms with E-state index in [1.165, 1.54) is 12.8 Å². The number of anilines is 1. The lowest BCUT2D eigenvalue weighted by Crippen LogP contribution is -2.10. The molecule has 3 heteroatoms. The minimum absolute atomic E-state index is 0.606. The first-order chi connectivity index (χ1) is 6.74. The highest BCUT2D eigenvalue weighted by molar-refractivity contribution is 6.30. The van der Waals surface area contributed by atoms with Gasteiger partial charge in [-0.25, -0.2) is 0 Å². The first-order valence-electron chi connectivity index (χ1n) is 4.84. The molecule has 1 aliphatic rings. The molecule has 2 N–H and O–H groups in total. The molecule has 0 atom stereocenters. The first kappa shape index (κ1) is 9.53. The van der Waals surface area contributed by atoms with E-state index in [-0.39, 0.29) is 0 Å². The molecule has 2 nitrogen and oxygen atoms in total. The predicted molar refractivity (Wildman–Crippen MR) is 60.1 cm³/mol. The highest BCUT2D eigenvalue weighted by Crippen LogP contribution is 2.32. The zero-order valence-corrected chi connectivity index (χ0v) is 8.64. The molecule has 2 rings (SSSR count). The Labute approximate surface area is 88.8 Å². The Morgan fingerprint density at radius 2 is 2.00 bits per heavy atom. The van der Waals surface area contributed by atoms with E-state index < -0.39 is 0 Å². The van der Waals surface area contributed by atoms with E-state index in [1.807, 2.05) is 24.3 Å².